The molecule has 1 atom stereocenters. The van der Waals surface area contributed by atoms with Gasteiger partial charge in [0.2, 0.25) is 0 Å². The summed E-state index contributed by atoms with van der Waals surface area (Å²) in [4.78, 5) is 27.3. The molecule has 0 radical (unpaired) electrons. The van der Waals surface area contributed by atoms with E-state index >= 15 is 0 Å². The van der Waals surface area contributed by atoms with E-state index in [2.05, 4.69) is 22.2 Å². The van der Waals surface area contributed by atoms with Gasteiger partial charge in [0.15, 0.2) is 0 Å². The molecule has 1 aromatic carbocycles. The molecule has 1 unspecified atom stereocenters. The first-order valence-corrected chi connectivity index (χ1v) is 7.91. The van der Waals surface area contributed by atoms with Gasteiger partial charge in [0, 0.05) is 49.9 Å². The number of benzene rings is 1. The summed E-state index contributed by atoms with van der Waals surface area (Å²) in [6.45, 7) is 6.40. The fraction of sp³-hybridized carbons (Fsp3) is 0.533. The number of nitrogens with one attached hydrogen (secondary N) is 1. The molecule has 0 saturated carbocycles. The second-order valence-corrected chi connectivity index (χ2v) is 6.25. The predicted molar refractivity (Wildman–Crippen MR) is 89.0 cm³/mol. The molecule has 126 valence electrons. The maximum atomic E-state index is 12.2. The molecule has 2 rings (SSSR count). The number of carbonyl (C=O) groups is 1. The number of halogens is 1. The third-order valence-electron chi connectivity index (χ3n) is 4.12. The molecule has 1 aromatic rings. The summed E-state index contributed by atoms with van der Waals surface area (Å²) in [5, 5.41) is 14.1. The van der Waals surface area contributed by atoms with Gasteiger partial charge in [-0.05, 0) is 26.1 Å². The van der Waals surface area contributed by atoms with Crippen LogP contribution in [0.2, 0.25) is 5.02 Å². The van der Waals surface area contributed by atoms with E-state index in [4.69, 9.17) is 11.6 Å². The van der Waals surface area contributed by atoms with Crippen molar-refractivity contribution < 1.29 is 9.72 Å². The molecule has 1 fully saturated rings. The number of piperazine rings is 1. The summed E-state index contributed by atoms with van der Waals surface area (Å²) in [6, 6.07) is 4.24. The van der Waals surface area contributed by atoms with Crippen LogP contribution in [-0.4, -0.2) is 66.4 Å². The van der Waals surface area contributed by atoms with Crippen LogP contribution in [0.3, 0.4) is 0 Å². The van der Waals surface area contributed by atoms with E-state index in [0.29, 0.717) is 6.54 Å². The van der Waals surface area contributed by atoms with Gasteiger partial charge in [-0.1, -0.05) is 11.6 Å². The largest absolute Gasteiger partial charge is 0.350 e. The molecular formula is C15H21ClN4O3. The fourth-order valence-corrected chi connectivity index (χ4v) is 2.74. The highest BCUT2D eigenvalue weighted by molar-refractivity contribution is 6.31. The van der Waals surface area contributed by atoms with Crippen LogP contribution in [0.5, 0.6) is 0 Å². The van der Waals surface area contributed by atoms with Crippen LogP contribution < -0.4 is 5.32 Å². The Kier molecular flexibility index (Phi) is 5.92. The lowest BCUT2D eigenvalue weighted by molar-refractivity contribution is -0.385. The third-order valence-corrected chi connectivity index (χ3v) is 4.36. The summed E-state index contributed by atoms with van der Waals surface area (Å²) in [5.74, 6) is -0.450. The van der Waals surface area contributed by atoms with Gasteiger partial charge in [0.1, 0.15) is 5.56 Å². The topological polar surface area (TPSA) is 78.7 Å². The molecule has 1 N–H and O–H groups in total. The molecule has 1 aliphatic rings. The zero-order chi connectivity index (χ0) is 17.0. The highest BCUT2D eigenvalue weighted by atomic mass is 35.5. The highest BCUT2D eigenvalue weighted by Crippen LogP contribution is 2.23. The van der Waals surface area contributed by atoms with Gasteiger partial charge in [-0.3, -0.25) is 19.8 Å². The lowest BCUT2D eigenvalue weighted by Crippen LogP contribution is -2.51. The maximum absolute atomic E-state index is 12.2. The number of rotatable bonds is 5. The quantitative estimate of drug-likeness (QED) is 0.651. The van der Waals surface area contributed by atoms with Gasteiger partial charge in [0.05, 0.1) is 4.92 Å². The van der Waals surface area contributed by atoms with Crippen molar-refractivity contribution in [2.45, 2.75) is 13.0 Å². The first-order valence-electron chi connectivity index (χ1n) is 7.53. The normalized spacial score (nSPS) is 17.7. The minimum Gasteiger partial charge on any atom is -0.350 e. The maximum Gasteiger partial charge on any atom is 0.283 e. The molecule has 8 heteroatoms. The van der Waals surface area contributed by atoms with Crippen molar-refractivity contribution in [2.75, 3.05) is 39.8 Å². The molecule has 1 saturated heterocycles. The van der Waals surface area contributed by atoms with E-state index in [1.54, 1.807) is 0 Å². The van der Waals surface area contributed by atoms with E-state index in [9.17, 15) is 14.9 Å². The van der Waals surface area contributed by atoms with Gasteiger partial charge in [-0.15, -0.1) is 0 Å². The van der Waals surface area contributed by atoms with Crippen LogP contribution in [-0.2, 0) is 0 Å². The van der Waals surface area contributed by atoms with Crippen LogP contribution in [0.25, 0.3) is 0 Å². The zero-order valence-electron chi connectivity index (χ0n) is 13.3. The van der Waals surface area contributed by atoms with Crippen molar-refractivity contribution in [1.29, 1.82) is 0 Å². The Hall–Kier alpha value is -1.70. The lowest BCUT2D eigenvalue weighted by Gasteiger charge is -2.36. The molecular weight excluding hydrogens is 320 g/mol. The van der Waals surface area contributed by atoms with E-state index in [1.807, 2.05) is 6.92 Å². The summed E-state index contributed by atoms with van der Waals surface area (Å²) < 4.78 is 0. The minimum atomic E-state index is -0.593. The van der Waals surface area contributed by atoms with Gasteiger partial charge in [-0.2, -0.15) is 0 Å². The molecule has 23 heavy (non-hydrogen) atoms. The van der Waals surface area contributed by atoms with Crippen molar-refractivity contribution in [1.82, 2.24) is 15.1 Å². The van der Waals surface area contributed by atoms with Gasteiger partial charge >= 0.3 is 0 Å². The third kappa shape index (κ3) is 4.63. The molecule has 1 aliphatic heterocycles. The van der Waals surface area contributed by atoms with Crippen LogP contribution in [0, 0.1) is 10.1 Å². The number of nitro groups is 1. The molecule has 0 bridgehead atoms. The smallest absolute Gasteiger partial charge is 0.283 e. The van der Waals surface area contributed by atoms with Crippen molar-refractivity contribution in [3.63, 3.8) is 0 Å². The number of likely N-dealkylation sites (N-methyl/N-ethyl adjacent to an activating group) is 1. The molecule has 1 amide bonds. The Morgan fingerprint density at radius 1 is 1.39 bits per heavy atom. The van der Waals surface area contributed by atoms with Crippen molar-refractivity contribution in [3.8, 4) is 0 Å². The summed E-state index contributed by atoms with van der Waals surface area (Å²) >= 11 is 5.76. The van der Waals surface area contributed by atoms with E-state index in [-0.39, 0.29) is 22.3 Å². The summed E-state index contributed by atoms with van der Waals surface area (Å²) in [7, 11) is 2.09. The molecule has 7 nitrogen and oxygen atoms in total. The number of hydrogen-bond donors (Lipinski definition) is 1. The Morgan fingerprint density at radius 3 is 2.65 bits per heavy atom. The van der Waals surface area contributed by atoms with Crippen LogP contribution >= 0.6 is 11.6 Å². The highest BCUT2D eigenvalue weighted by Gasteiger charge is 2.23. The summed E-state index contributed by atoms with van der Waals surface area (Å²) in [5.41, 5.74) is -0.243. The SMILES string of the molecule is CC(CNC(=O)c1ccc(Cl)cc1[N+](=O)[O-])N1CCN(C)CC1. The van der Waals surface area contributed by atoms with Crippen molar-refractivity contribution in [2.24, 2.45) is 0 Å². The number of nitrogens with zero attached hydrogens (tertiary/aromatic N) is 3. The number of amides is 1. The molecule has 1 heterocycles. The average Bonchev–Trinajstić information content (AvgIpc) is 2.52. The first-order chi connectivity index (χ1) is 10.9. The monoisotopic (exact) mass is 340 g/mol. The van der Waals surface area contributed by atoms with E-state index in [1.165, 1.54) is 18.2 Å². The van der Waals surface area contributed by atoms with Crippen LogP contribution in [0.4, 0.5) is 5.69 Å². The molecule has 0 spiro atoms. The Bertz CT molecular complexity index is 588. The van der Waals surface area contributed by atoms with Crippen LogP contribution in [0.1, 0.15) is 17.3 Å². The predicted octanol–water partition coefficient (Wildman–Crippen LogP) is 1.61. The standard InChI is InChI=1S/C15H21ClN4O3/c1-11(19-7-5-18(2)6-8-19)10-17-15(21)13-4-3-12(16)9-14(13)20(22)23/h3-4,9,11H,5-8,10H2,1-2H3,(H,17,21). The second kappa shape index (κ2) is 7.72. The fourth-order valence-electron chi connectivity index (χ4n) is 2.58. The second-order valence-electron chi connectivity index (χ2n) is 5.82. The van der Waals surface area contributed by atoms with Gasteiger partial charge in [0.25, 0.3) is 11.6 Å². The zero-order valence-corrected chi connectivity index (χ0v) is 14.0. The van der Waals surface area contributed by atoms with Gasteiger partial charge in [-0.25, -0.2) is 0 Å². The number of hydrogen-bond acceptors (Lipinski definition) is 5. The van der Waals surface area contributed by atoms with E-state index in [0.717, 1.165) is 26.2 Å². The average molecular weight is 341 g/mol. The summed E-state index contributed by atoms with van der Waals surface area (Å²) in [6.07, 6.45) is 0. The van der Waals surface area contributed by atoms with E-state index < -0.39 is 10.8 Å². The Morgan fingerprint density at radius 2 is 2.04 bits per heavy atom. The lowest BCUT2D eigenvalue weighted by atomic mass is 10.1. The van der Waals surface area contributed by atoms with Gasteiger partial charge < -0.3 is 10.2 Å². The van der Waals surface area contributed by atoms with Crippen molar-refractivity contribution >= 4 is 23.2 Å². The molecule has 0 aliphatic carbocycles. The Labute approximate surface area is 140 Å². The van der Waals surface area contributed by atoms with Crippen molar-refractivity contribution in [3.05, 3.63) is 38.9 Å². The minimum absolute atomic E-state index is 0.0324. The number of carbonyl (C=O) groups excluding carboxylic acids is 1. The van der Waals surface area contributed by atoms with Crippen LogP contribution in [0.15, 0.2) is 18.2 Å². The Balaban J connectivity index is 1.96. The first kappa shape index (κ1) is 17.7. The molecule has 0 aromatic heterocycles. The number of nitro benzene ring substituents is 1.